The van der Waals surface area contributed by atoms with Gasteiger partial charge in [0.25, 0.3) is 0 Å². The van der Waals surface area contributed by atoms with E-state index in [2.05, 4.69) is 51.0 Å². The molecule has 0 aliphatic rings. The molecular weight excluding hydrogens is 386 g/mol. The van der Waals surface area contributed by atoms with Crippen LogP contribution in [-0.2, 0) is 13.2 Å². The van der Waals surface area contributed by atoms with E-state index in [9.17, 15) is 0 Å². The van der Waals surface area contributed by atoms with Crippen molar-refractivity contribution in [2.45, 2.75) is 33.0 Å². The highest BCUT2D eigenvalue weighted by atomic mass is 79.9. The molecule has 1 N–H and O–H groups in total. The van der Waals surface area contributed by atoms with Gasteiger partial charge in [-0.3, -0.25) is 0 Å². The monoisotopic (exact) mass is 401 g/mol. The summed E-state index contributed by atoms with van der Waals surface area (Å²) in [6.45, 7) is 5.37. The van der Waals surface area contributed by atoms with Gasteiger partial charge in [-0.15, -0.1) is 0 Å². The maximum absolute atomic E-state index is 5.73. The molecule has 0 aliphatic heterocycles. The fourth-order valence-corrected chi connectivity index (χ4v) is 2.80. The van der Waals surface area contributed by atoms with Crippen LogP contribution in [0, 0.1) is 0 Å². The van der Waals surface area contributed by atoms with Crippen molar-refractivity contribution in [3.63, 3.8) is 0 Å². The molecule has 0 aliphatic carbocycles. The van der Waals surface area contributed by atoms with E-state index in [1.54, 1.807) is 0 Å². The van der Waals surface area contributed by atoms with E-state index in [-0.39, 0.29) is 0 Å². The van der Waals surface area contributed by atoms with E-state index in [1.165, 1.54) is 0 Å². The first-order chi connectivity index (χ1) is 9.54. The summed E-state index contributed by atoms with van der Waals surface area (Å²) in [5, 5.41) is 3.32. The minimum Gasteiger partial charge on any atom is -0.484 e. The fraction of sp³-hybridized carbons (Fsp3) is 0.333. The van der Waals surface area contributed by atoms with E-state index < -0.39 is 0 Å². The Balaban J connectivity index is 1.90. The largest absolute Gasteiger partial charge is 0.484 e. The maximum atomic E-state index is 5.73. The SMILES string of the molecule is CC(C)NCc1ccc(COc2ccc(Br)cc2Br)o1. The molecule has 2 aromatic rings. The van der Waals surface area contributed by atoms with Gasteiger partial charge in [-0.2, -0.15) is 0 Å². The molecule has 2 rings (SSSR count). The molecule has 0 bridgehead atoms. The number of benzene rings is 1. The molecule has 20 heavy (non-hydrogen) atoms. The number of ether oxygens (including phenoxy) is 1. The summed E-state index contributed by atoms with van der Waals surface area (Å²) < 4.78 is 13.4. The van der Waals surface area contributed by atoms with Crippen molar-refractivity contribution in [2.75, 3.05) is 0 Å². The first-order valence-corrected chi connectivity index (χ1v) is 8.02. The van der Waals surface area contributed by atoms with Crippen LogP contribution in [0.1, 0.15) is 25.4 Å². The highest BCUT2D eigenvalue weighted by Gasteiger charge is 2.06. The standard InChI is InChI=1S/C15H17Br2NO2/c1-10(2)18-8-12-4-5-13(20-12)9-19-15-6-3-11(16)7-14(15)17/h3-7,10,18H,8-9H2,1-2H3. The zero-order chi connectivity index (χ0) is 14.5. The van der Waals surface area contributed by atoms with Gasteiger partial charge in [0.15, 0.2) is 0 Å². The van der Waals surface area contributed by atoms with Gasteiger partial charge in [0.05, 0.1) is 11.0 Å². The molecule has 3 nitrogen and oxygen atoms in total. The highest BCUT2D eigenvalue weighted by molar-refractivity contribution is 9.11. The van der Waals surface area contributed by atoms with Crippen LogP contribution in [-0.4, -0.2) is 6.04 Å². The molecule has 0 unspecified atom stereocenters. The van der Waals surface area contributed by atoms with Crippen LogP contribution in [0.15, 0.2) is 43.7 Å². The lowest BCUT2D eigenvalue weighted by Crippen LogP contribution is -2.21. The maximum Gasteiger partial charge on any atom is 0.146 e. The molecule has 0 amide bonds. The minimum absolute atomic E-state index is 0.419. The van der Waals surface area contributed by atoms with Gasteiger partial charge in [-0.05, 0) is 46.3 Å². The summed E-state index contributed by atoms with van der Waals surface area (Å²) in [5.41, 5.74) is 0. The van der Waals surface area contributed by atoms with Crippen LogP contribution in [0.4, 0.5) is 0 Å². The van der Waals surface area contributed by atoms with Crippen molar-refractivity contribution in [3.05, 3.63) is 50.8 Å². The van der Waals surface area contributed by atoms with Crippen molar-refractivity contribution >= 4 is 31.9 Å². The molecule has 1 aromatic heterocycles. The Labute approximate surface area is 136 Å². The van der Waals surface area contributed by atoms with Crippen LogP contribution < -0.4 is 10.1 Å². The van der Waals surface area contributed by atoms with Crippen LogP contribution >= 0.6 is 31.9 Å². The zero-order valence-electron chi connectivity index (χ0n) is 11.5. The number of hydrogen-bond donors (Lipinski definition) is 1. The number of hydrogen-bond acceptors (Lipinski definition) is 3. The second-order valence-corrected chi connectivity index (χ2v) is 6.54. The Kier molecular flexibility index (Phi) is 5.69. The lowest BCUT2D eigenvalue weighted by atomic mass is 10.3. The summed E-state index contributed by atoms with van der Waals surface area (Å²) in [7, 11) is 0. The van der Waals surface area contributed by atoms with Gasteiger partial charge >= 0.3 is 0 Å². The van der Waals surface area contributed by atoms with Crippen molar-refractivity contribution in [3.8, 4) is 5.75 Å². The summed E-state index contributed by atoms with van der Waals surface area (Å²) >= 11 is 6.88. The first kappa shape index (κ1) is 15.6. The van der Waals surface area contributed by atoms with Gasteiger partial charge < -0.3 is 14.5 Å². The second-order valence-electron chi connectivity index (χ2n) is 4.77. The summed E-state index contributed by atoms with van der Waals surface area (Å²) in [6.07, 6.45) is 0. The average Bonchev–Trinajstić information content (AvgIpc) is 2.83. The van der Waals surface area contributed by atoms with Crippen LogP contribution in [0.25, 0.3) is 0 Å². The summed E-state index contributed by atoms with van der Waals surface area (Å²) in [6, 6.07) is 10.2. The number of halogens is 2. The highest BCUT2D eigenvalue weighted by Crippen LogP contribution is 2.28. The third-order valence-electron chi connectivity index (χ3n) is 2.67. The van der Waals surface area contributed by atoms with Gasteiger partial charge in [0, 0.05) is 10.5 Å². The van der Waals surface area contributed by atoms with Crippen molar-refractivity contribution < 1.29 is 9.15 Å². The quantitative estimate of drug-likeness (QED) is 0.747. The molecule has 0 saturated carbocycles. The lowest BCUT2D eigenvalue weighted by molar-refractivity contribution is 0.263. The molecular formula is C15H17Br2NO2. The molecule has 0 saturated heterocycles. The molecule has 0 atom stereocenters. The Bertz CT molecular complexity index is 567. The Morgan fingerprint density at radius 3 is 2.60 bits per heavy atom. The number of nitrogens with one attached hydrogen (secondary N) is 1. The molecule has 0 fully saturated rings. The molecule has 1 aromatic carbocycles. The predicted molar refractivity (Wildman–Crippen MR) is 86.9 cm³/mol. The molecule has 0 spiro atoms. The van der Waals surface area contributed by atoms with Crippen LogP contribution in [0.2, 0.25) is 0 Å². The van der Waals surface area contributed by atoms with Gasteiger partial charge in [0.2, 0.25) is 0 Å². The van der Waals surface area contributed by atoms with Crippen LogP contribution in [0.5, 0.6) is 5.75 Å². The summed E-state index contributed by atoms with van der Waals surface area (Å²) in [5.74, 6) is 2.54. The lowest BCUT2D eigenvalue weighted by Gasteiger charge is -2.07. The second kappa shape index (κ2) is 7.29. The Hall–Kier alpha value is -0.780. The van der Waals surface area contributed by atoms with E-state index in [4.69, 9.17) is 9.15 Å². The Morgan fingerprint density at radius 2 is 1.90 bits per heavy atom. The average molecular weight is 403 g/mol. The zero-order valence-corrected chi connectivity index (χ0v) is 14.6. The smallest absolute Gasteiger partial charge is 0.146 e. The molecule has 108 valence electrons. The van der Waals surface area contributed by atoms with Crippen LogP contribution in [0.3, 0.4) is 0 Å². The number of furan rings is 1. The predicted octanol–water partition coefficient (Wildman–Crippen LogP) is 4.88. The van der Waals surface area contributed by atoms with E-state index >= 15 is 0 Å². The van der Waals surface area contributed by atoms with Gasteiger partial charge in [-0.25, -0.2) is 0 Å². The van der Waals surface area contributed by atoms with E-state index in [0.717, 1.165) is 32.8 Å². The van der Waals surface area contributed by atoms with E-state index in [0.29, 0.717) is 12.6 Å². The molecule has 0 radical (unpaired) electrons. The van der Waals surface area contributed by atoms with Gasteiger partial charge in [-0.1, -0.05) is 29.8 Å². The van der Waals surface area contributed by atoms with Crippen molar-refractivity contribution in [2.24, 2.45) is 0 Å². The normalized spacial score (nSPS) is 11.1. The van der Waals surface area contributed by atoms with E-state index in [1.807, 2.05) is 30.3 Å². The Morgan fingerprint density at radius 1 is 1.15 bits per heavy atom. The van der Waals surface area contributed by atoms with Crippen molar-refractivity contribution in [1.82, 2.24) is 5.32 Å². The van der Waals surface area contributed by atoms with Crippen molar-refractivity contribution in [1.29, 1.82) is 0 Å². The topological polar surface area (TPSA) is 34.4 Å². The third-order valence-corrected chi connectivity index (χ3v) is 3.78. The number of rotatable bonds is 6. The van der Waals surface area contributed by atoms with Gasteiger partial charge in [0.1, 0.15) is 23.9 Å². The fourth-order valence-electron chi connectivity index (χ4n) is 1.64. The third kappa shape index (κ3) is 4.65. The first-order valence-electron chi connectivity index (χ1n) is 6.43. The molecule has 5 heteroatoms. The minimum atomic E-state index is 0.419. The molecule has 1 heterocycles. The summed E-state index contributed by atoms with van der Waals surface area (Å²) in [4.78, 5) is 0.